The zero-order valence-electron chi connectivity index (χ0n) is 19.6. The van der Waals surface area contributed by atoms with Crippen molar-refractivity contribution >= 4 is 23.9 Å². The molecule has 7 heteroatoms. The van der Waals surface area contributed by atoms with E-state index in [0.717, 1.165) is 5.56 Å². The fraction of sp³-hybridized carbons (Fsp3) is 0.179. The molecule has 180 valence electrons. The second-order valence-electron chi connectivity index (χ2n) is 8.17. The maximum Gasteiger partial charge on any atom is 0.326 e. The summed E-state index contributed by atoms with van der Waals surface area (Å²) in [5.41, 5.74) is 1.69. The molecule has 0 spiro atoms. The summed E-state index contributed by atoms with van der Waals surface area (Å²) < 4.78 is 5.64. The standard InChI is InChI=1S/C28H28N2O5/c1-19(2)35-23-15-13-21(14-16-23)17-24(29-26(31)22-11-7-4-8-12-22)27(32)30-25(28(33)34)18-20-9-5-3-6-10-20/h3-17,19,25H,18H2,1-2H3,(H,29,31)(H,30,32)(H,33,34). The largest absolute Gasteiger partial charge is 0.491 e. The van der Waals surface area contributed by atoms with E-state index in [9.17, 15) is 19.5 Å². The number of carboxylic acids is 1. The number of carbonyl (C=O) groups is 3. The quantitative estimate of drug-likeness (QED) is 0.386. The van der Waals surface area contributed by atoms with E-state index >= 15 is 0 Å². The number of hydrogen-bond donors (Lipinski definition) is 3. The molecule has 0 saturated heterocycles. The van der Waals surface area contributed by atoms with Crippen LogP contribution in [0.1, 0.15) is 35.3 Å². The zero-order chi connectivity index (χ0) is 25.2. The predicted octanol–water partition coefficient (Wildman–Crippen LogP) is 4.06. The molecule has 3 aromatic rings. The van der Waals surface area contributed by atoms with Crippen LogP contribution in [0.25, 0.3) is 6.08 Å². The normalized spacial score (nSPS) is 12.0. The van der Waals surface area contributed by atoms with Crippen LogP contribution in [0.5, 0.6) is 5.75 Å². The molecule has 0 aliphatic heterocycles. The number of ether oxygens (including phenoxy) is 1. The highest BCUT2D eigenvalue weighted by atomic mass is 16.5. The Morgan fingerprint density at radius 2 is 1.49 bits per heavy atom. The Labute approximate surface area is 204 Å². The minimum absolute atomic E-state index is 0.0143. The maximum atomic E-state index is 13.1. The fourth-order valence-corrected chi connectivity index (χ4v) is 3.31. The van der Waals surface area contributed by atoms with E-state index in [1.165, 1.54) is 6.08 Å². The summed E-state index contributed by atoms with van der Waals surface area (Å²) in [6.45, 7) is 3.84. The van der Waals surface area contributed by atoms with Crippen LogP contribution in [0, 0.1) is 0 Å². The Balaban J connectivity index is 1.85. The lowest BCUT2D eigenvalue weighted by atomic mass is 10.1. The van der Waals surface area contributed by atoms with E-state index in [2.05, 4.69) is 10.6 Å². The Kier molecular flexibility index (Phi) is 8.78. The van der Waals surface area contributed by atoms with Crippen LogP contribution in [-0.4, -0.2) is 35.0 Å². The van der Waals surface area contributed by atoms with Crippen molar-refractivity contribution in [2.24, 2.45) is 0 Å². The molecule has 0 aliphatic rings. The van der Waals surface area contributed by atoms with Gasteiger partial charge in [0.1, 0.15) is 17.5 Å². The van der Waals surface area contributed by atoms with Gasteiger partial charge in [-0.3, -0.25) is 9.59 Å². The van der Waals surface area contributed by atoms with E-state index < -0.39 is 23.8 Å². The summed E-state index contributed by atoms with van der Waals surface area (Å²) in [5, 5.41) is 14.8. The molecule has 0 saturated carbocycles. The van der Waals surface area contributed by atoms with E-state index in [4.69, 9.17) is 4.74 Å². The number of benzene rings is 3. The lowest BCUT2D eigenvalue weighted by molar-refractivity contribution is -0.141. The molecular formula is C28H28N2O5. The second kappa shape index (κ2) is 12.2. The number of amides is 2. The molecule has 0 radical (unpaired) electrons. The summed E-state index contributed by atoms with van der Waals surface area (Å²) in [5.74, 6) is -1.70. The highest BCUT2D eigenvalue weighted by molar-refractivity contribution is 6.06. The van der Waals surface area contributed by atoms with E-state index in [-0.39, 0.29) is 18.2 Å². The highest BCUT2D eigenvalue weighted by Gasteiger charge is 2.23. The number of hydrogen-bond acceptors (Lipinski definition) is 4. The molecule has 0 aliphatic carbocycles. The highest BCUT2D eigenvalue weighted by Crippen LogP contribution is 2.16. The molecule has 1 atom stereocenters. The lowest BCUT2D eigenvalue weighted by Gasteiger charge is -2.17. The van der Waals surface area contributed by atoms with Crippen molar-refractivity contribution < 1.29 is 24.2 Å². The third-order valence-electron chi connectivity index (χ3n) is 4.98. The number of carboxylic acid groups (broad SMARTS) is 1. The first kappa shape index (κ1) is 25.2. The Hall–Kier alpha value is -4.39. The molecule has 3 rings (SSSR count). The van der Waals surface area contributed by atoms with Gasteiger partial charge in [0.15, 0.2) is 0 Å². The number of aliphatic carboxylic acids is 1. The van der Waals surface area contributed by atoms with Gasteiger partial charge in [0.05, 0.1) is 6.10 Å². The van der Waals surface area contributed by atoms with Crippen LogP contribution in [0.15, 0.2) is 90.6 Å². The van der Waals surface area contributed by atoms with Crippen molar-refractivity contribution in [3.63, 3.8) is 0 Å². The first-order valence-electron chi connectivity index (χ1n) is 11.2. The average molecular weight is 473 g/mol. The van der Waals surface area contributed by atoms with E-state index in [0.29, 0.717) is 16.9 Å². The van der Waals surface area contributed by atoms with Crippen molar-refractivity contribution in [3.8, 4) is 5.75 Å². The molecule has 0 fully saturated rings. The molecule has 2 amide bonds. The van der Waals surface area contributed by atoms with Crippen LogP contribution in [0.4, 0.5) is 0 Å². The van der Waals surface area contributed by atoms with Gasteiger partial charge in [0, 0.05) is 12.0 Å². The average Bonchev–Trinajstić information content (AvgIpc) is 2.85. The van der Waals surface area contributed by atoms with Crippen LogP contribution < -0.4 is 15.4 Å². The topological polar surface area (TPSA) is 105 Å². The smallest absolute Gasteiger partial charge is 0.326 e. The van der Waals surface area contributed by atoms with E-state index in [1.807, 2.05) is 19.9 Å². The minimum Gasteiger partial charge on any atom is -0.491 e. The molecule has 0 aromatic heterocycles. The van der Waals surface area contributed by atoms with Gasteiger partial charge in [-0.2, -0.15) is 0 Å². The monoisotopic (exact) mass is 472 g/mol. The molecule has 7 nitrogen and oxygen atoms in total. The van der Waals surface area contributed by atoms with Gasteiger partial charge >= 0.3 is 5.97 Å². The third-order valence-corrected chi connectivity index (χ3v) is 4.98. The first-order valence-corrected chi connectivity index (χ1v) is 11.2. The Morgan fingerprint density at radius 1 is 0.886 bits per heavy atom. The summed E-state index contributed by atoms with van der Waals surface area (Å²) >= 11 is 0. The number of carbonyl (C=O) groups excluding carboxylic acids is 2. The summed E-state index contributed by atoms with van der Waals surface area (Å²) in [4.78, 5) is 37.8. The molecule has 0 bridgehead atoms. The van der Waals surface area contributed by atoms with Gasteiger partial charge in [-0.1, -0.05) is 60.7 Å². The Bertz CT molecular complexity index is 1170. The van der Waals surface area contributed by atoms with Crippen LogP contribution in [0.2, 0.25) is 0 Å². The number of rotatable bonds is 10. The SMILES string of the molecule is CC(C)Oc1ccc(C=C(NC(=O)c2ccccc2)C(=O)NC(Cc2ccccc2)C(=O)O)cc1. The third kappa shape index (κ3) is 7.85. The van der Waals surface area contributed by atoms with Crippen molar-refractivity contribution in [2.75, 3.05) is 0 Å². The van der Waals surface area contributed by atoms with E-state index in [1.54, 1.807) is 78.9 Å². The summed E-state index contributed by atoms with van der Waals surface area (Å²) in [6.07, 6.45) is 1.61. The summed E-state index contributed by atoms with van der Waals surface area (Å²) in [6, 6.07) is 23.3. The molecule has 1 unspecified atom stereocenters. The van der Waals surface area contributed by atoms with Gasteiger partial charge in [0.2, 0.25) is 0 Å². The van der Waals surface area contributed by atoms with Crippen molar-refractivity contribution in [1.29, 1.82) is 0 Å². The number of nitrogens with one attached hydrogen (secondary N) is 2. The molecule has 3 aromatic carbocycles. The molecule has 35 heavy (non-hydrogen) atoms. The van der Waals surface area contributed by atoms with Crippen molar-refractivity contribution in [2.45, 2.75) is 32.4 Å². The molecular weight excluding hydrogens is 444 g/mol. The van der Waals surface area contributed by atoms with Crippen LogP contribution >= 0.6 is 0 Å². The van der Waals surface area contributed by atoms with Gasteiger partial charge in [-0.05, 0) is 55.3 Å². The lowest BCUT2D eigenvalue weighted by Crippen LogP contribution is -2.45. The first-order chi connectivity index (χ1) is 16.8. The van der Waals surface area contributed by atoms with Crippen molar-refractivity contribution in [1.82, 2.24) is 10.6 Å². The van der Waals surface area contributed by atoms with Crippen LogP contribution in [-0.2, 0) is 16.0 Å². The predicted molar refractivity (Wildman–Crippen MR) is 134 cm³/mol. The molecule has 3 N–H and O–H groups in total. The van der Waals surface area contributed by atoms with Gasteiger partial charge < -0.3 is 20.5 Å². The maximum absolute atomic E-state index is 13.1. The minimum atomic E-state index is -1.18. The van der Waals surface area contributed by atoms with Crippen LogP contribution in [0.3, 0.4) is 0 Å². The molecule has 0 heterocycles. The van der Waals surface area contributed by atoms with Gasteiger partial charge in [-0.15, -0.1) is 0 Å². The van der Waals surface area contributed by atoms with Gasteiger partial charge in [-0.25, -0.2) is 4.79 Å². The summed E-state index contributed by atoms with van der Waals surface area (Å²) in [7, 11) is 0. The fourth-order valence-electron chi connectivity index (χ4n) is 3.31. The second-order valence-corrected chi connectivity index (χ2v) is 8.17. The zero-order valence-corrected chi connectivity index (χ0v) is 19.6. The Morgan fingerprint density at radius 3 is 2.06 bits per heavy atom. The van der Waals surface area contributed by atoms with Crippen molar-refractivity contribution in [3.05, 3.63) is 107 Å². The van der Waals surface area contributed by atoms with Gasteiger partial charge in [0.25, 0.3) is 11.8 Å².